The molecule has 120 valence electrons. The first-order valence-corrected chi connectivity index (χ1v) is 9.12. The topological polar surface area (TPSA) is 52.6 Å². The van der Waals surface area contributed by atoms with Crippen LogP contribution in [0, 0.1) is 0 Å². The number of amides is 1. The Kier molecular flexibility index (Phi) is 5.39. The third-order valence-corrected chi connectivity index (χ3v) is 5.71. The lowest BCUT2D eigenvalue weighted by Gasteiger charge is -2.29. The Morgan fingerprint density at radius 2 is 2.09 bits per heavy atom. The largest absolute Gasteiger partial charge is 0.393 e. The molecule has 2 aliphatic rings. The van der Waals surface area contributed by atoms with Crippen LogP contribution >= 0.6 is 11.8 Å². The zero-order valence-electron chi connectivity index (χ0n) is 12.8. The molecule has 1 aromatic carbocycles. The summed E-state index contributed by atoms with van der Waals surface area (Å²) in [4.78, 5) is 16.0. The molecular formula is C17H24N2O2S. The van der Waals surface area contributed by atoms with E-state index < -0.39 is 0 Å². The van der Waals surface area contributed by atoms with Crippen LogP contribution in [-0.4, -0.2) is 53.9 Å². The molecule has 22 heavy (non-hydrogen) atoms. The van der Waals surface area contributed by atoms with Crippen LogP contribution in [0.5, 0.6) is 0 Å². The number of fused-ring (bicyclic) bond motifs is 1. The molecule has 0 spiro atoms. The number of hydrogen-bond donors (Lipinski definition) is 2. The predicted octanol–water partition coefficient (Wildman–Crippen LogP) is 1.84. The number of hydrogen-bond acceptors (Lipinski definition) is 4. The van der Waals surface area contributed by atoms with Gasteiger partial charge in [0.25, 0.3) is 0 Å². The first kappa shape index (κ1) is 15.8. The van der Waals surface area contributed by atoms with Crippen molar-refractivity contribution in [1.29, 1.82) is 0 Å². The number of rotatable bonds is 5. The quantitative estimate of drug-likeness (QED) is 0.813. The average Bonchev–Trinajstić information content (AvgIpc) is 2.97. The van der Waals surface area contributed by atoms with Gasteiger partial charge in [-0.15, -0.1) is 11.8 Å². The van der Waals surface area contributed by atoms with E-state index in [0.717, 1.165) is 51.2 Å². The van der Waals surface area contributed by atoms with E-state index in [1.54, 1.807) is 11.8 Å². The molecule has 1 amide bonds. The van der Waals surface area contributed by atoms with Gasteiger partial charge in [0.2, 0.25) is 5.91 Å². The molecule has 2 heterocycles. The molecular weight excluding hydrogens is 296 g/mol. The Bertz CT molecular complexity index is 515. The van der Waals surface area contributed by atoms with Crippen LogP contribution < -0.4 is 5.32 Å². The second-order valence-corrected chi connectivity index (χ2v) is 7.18. The fourth-order valence-corrected chi connectivity index (χ4v) is 4.39. The van der Waals surface area contributed by atoms with Gasteiger partial charge >= 0.3 is 0 Å². The van der Waals surface area contributed by atoms with Crippen molar-refractivity contribution in [2.75, 3.05) is 31.9 Å². The lowest BCUT2D eigenvalue weighted by Crippen LogP contribution is -2.38. The van der Waals surface area contributed by atoms with Gasteiger partial charge in [-0.05, 0) is 37.4 Å². The molecule has 4 nitrogen and oxygen atoms in total. The maximum atomic E-state index is 12.3. The number of thioether (sulfide) groups is 1. The molecule has 1 unspecified atom stereocenters. The number of benzene rings is 1. The minimum atomic E-state index is -0.115. The van der Waals surface area contributed by atoms with E-state index in [1.165, 1.54) is 10.5 Å². The van der Waals surface area contributed by atoms with Crippen molar-refractivity contribution in [2.45, 2.75) is 36.2 Å². The van der Waals surface area contributed by atoms with E-state index in [0.29, 0.717) is 0 Å². The van der Waals surface area contributed by atoms with Gasteiger partial charge in [-0.3, -0.25) is 4.79 Å². The maximum absolute atomic E-state index is 12.3. The van der Waals surface area contributed by atoms with Crippen LogP contribution in [0.2, 0.25) is 0 Å². The Labute approximate surface area is 136 Å². The molecule has 0 saturated carbocycles. The Balaban J connectivity index is 1.38. The highest BCUT2D eigenvalue weighted by Crippen LogP contribution is 2.39. The van der Waals surface area contributed by atoms with Crippen LogP contribution in [0.4, 0.5) is 0 Å². The lowest BCUT2D eigenvalue weighted by molar-refractivity contribution is -0.122. The number of carbonyl (C=O) groups excluding carboxylic acids is 1. The fraction of sp³-hybridized carbons (Fsp3) is 0.588. The second-order valence-electron chi connectivity index (χ2n) is 6.12. The summed E-state index contributed by atoms with van der Waals surface area (Å²) in [5.74, 6) is 1.02. The van der Waals surface area contributed by atoms with Crippen LogP contribution in [0.3, 0.4) is 0 Å². The van der Waals surface area contributed by atoms with Gasteiger partial charge in [-0.1, -0.05) is 18.2 Å². The summed E-state index contributed by atoms with van der Waals surface area (Å²) in [6.07, 6.45) is 2.62. The highest BCUT2D eigenvalue weighted by Gasteiger charge is 2.28. The molecule has 3 rings (SSSR count). The molecule has 0 aliphatic carbocycles. The zero-order valence-corrected chi connectivity index (χ0v) is 13.6. The van der Waals surface area contributed by atoms with Crippen LogP contribution in [0.15, 0.2) is 29.2 Å². The number of nitrogens with one attached hydrogen (secondary N) is 1. The molecule has 0 radical (unpaired) electrons. The van der Waals surface area contributed by atoms with Gasteiger partial charge in [0.15, 0.2) is 0 Å². The monoisotopic (exact) mass is 320 g/mol. The van der Waals surface area contributed by atoms with Gasteiger partial charge in [-0.2, -0.15) is 0 Å². The smallest absolute Gasteiger partial charge is 0.228 e. The molecule has 5 heteroatoms. The number of piperidine rings is 1. The average molecular weight is 320 g/mol. The van der Waals surface area contributed by atoms with Crippen LogP contribution in [0.25, 0.3) is 0 Å². The molecule has 1 aromatic rings. The number of carbonyl (C=O) groups is 1. The number of nitrogens with zero attached hydrogens (tertiary/aromatic N) is 1. The van der Waals surface area contributed by atoms with Crippen molar-refractivity contribution in [3.8, 4) is 0 Å². The Morgan fingerprint density at radius 3 is 2.91 bits per heavy atom. The van der Waals surface area contributed by atoms with Gasteiger partial charge < -0.3 is 15.3 Å². The predicted molar refractivity (Wildman–Crippen MR) is 89.2 cm³/mol. The van der Waals surface area contributed by atoms with E-state index in [1.807, 2.05) is 12.1 Å². The van der Waals surface area contributed by atoms with E-state index in [4.69, 9.17) is 0 Å². The second kappa shape index (κ2) is 7.49. The van der Waals surface area contributed by atoms with Gasteiger partial charge in [0.05, 0.1) is 12.0 Å². The number of aliphatic hydroxyl groups excluding tert-OH is 1. The normalized spacial score (nSPS) is 22.5. The fourth-order valence-electron chi connectivity index (χ4n) is 3.16. The molecule has 0 bridgehead atoms. The van der Waals surface area contributed by atoms with Gasteiger partial charge in [0, 0.05) is 30.3 Å². The third kappa shape index (κ3) is 3.83. The molecule has 0 aromatic heterocycles. The number of aliphatic hydroxyl groups is 1. The Hall–Kier alpha value is -1.04. The van der Waals surface area contributed by atoms with E-state index in [2.05, 4.69) is 22.3 Å². The summed E-state index contributed by atoms with van der Waals surface area (Å²) in [5, 5.41) is 12.6. The molecule has 1 atom stereocenters. The van der Waals surface area contributed by atoms with Gasteiger partial charge in [-0.25, -0.2) is 0 Å². The Morgan fingerprint density at radius 1 is 1.32 bits per heavy atom. The minimum absolute atomic E-state index is 0.00586. The summed E-state index contributed by atoms with van der Waals surface area (Å²) in [5.41, 5.74) is 1.18. The maximum Gasteiger partial charge on any atom is 0.228 e. The highest BCUT2D eigenvalue weighted by atomic mass is 32.2. The van der Waals surface area contributed by atoms with E-state index in [9.17, 15) is 9.90 Å². The molecule has 2 aliphatic heterocycles. The van der Waals surface area contributed by atoms with Crippen molar-refractivity contribution in [2.24, 2.45) is 0 Å². The van der Waals surface area contributed by atoms with Crippen LogP contribution in [-0.2, 0) is 4.79 Å². The first-order valence-electron chi connectivity index (χ1n) is 8.14. The summed E-state index contributed by atoms with van der Waals surface area (Å²) in [7, 11) is 0. The van der Waals surface area contributed by atoms with Crippen molar-refractivity contribution in [3.63, 3.8) is 0 Å². The molecule has 1 saturated heterocycles. The van der Waals surface area contributed by atoms with E-state index >= 15 is 0 Å². The summed E-state index contributed by atoms with van der Waals surface area (Å²) in [6, 6.07) is 8.20. The third-order valence-electron chi connectivity index (χ3n) is 4.52. The van der Waals surface area contributed by atoms with Crippen molar-refractivity contribution < 1.29 is 9.90 Å². The summed E-state index contributed by atoms with van der Waals surface area (Å²) >= 11 is 1.77. The first-order chi connectivity index (χ1) is 10.7. The molecule has 2 N–H and O–H groups in total. The summed E-state index contributed by atoms with van der Waals surface area (Å²) in [6.45, 7) is 3.69. The highest BCUT2D eigenvalue weighted by molar-refractivity contribution is 7.99. The SMILES string of the molecule is O=C(NCCCN1CCC(O)CC1)C1CSc2ccccc21. The van der Waals surface area contributed by atoms with Crippen molar-refractivity contribution in [1.82, 2.24) is 10.2 Å². The van der Waals surface area contributed by atoms with E-state index in [-0.39, 0.29) is 17.9 Å². The molecule has 1 fully saturated rings. The van der Waals surface area contributed by atoms with Crippen molar-refractivity contribution >= 4 is 17.7 Å². The standard InChI is InChI=1S/C17H24N2O2S/c20-13-6-10-19(11-7-13)9-3-8-18-17(21)15-12-22-16-5-2-1-4-14(15)16/h1-2,4-5,13,15,20H,3,6-12H2,(H,18,21). The van der Waals surface area contributed by atoms with Crippen LogP contribution in [0.1, 0.15) is 30.7 Å². The minimum Gasteiger partial charge on any atom is -0.393 e. The lowest BCUT2D eigenvalue weighted by atomic mass is 10.0. The van der Waals surface area contributed by atoms with Crippen molar-refractivity contribution in [3.05, 3.63) is 29.8 Å². The summed E-state index contributed by atoms with van der Waals surface area (Å²) < 4.78 is 0. The number of likely N-dealkylation sites (tertiary alicyclic amines) is 1. The zero-order chi connectivity index (χ0) is 15.4. The van der Waals surface area contributed by atoms with Gasteiger partial charge in [0.1, 0.15) is 0 Å².